The first-order chi connectivity index (χ1) is 13.8. The average molecular weight is 369 g/mol. The Morgan fingerprint density at radius 1 is 0.821 bits per heavy atom. The number of fused-ring (bicyclic) bond motifs is 1. The van der Waals surface area contributed by atoms with Gasteiger partial charge in [-0.15, -0.1) is 0 Å². The third-order valence-corrected chi connectivity index (χ3v) is 4.24. The van der Waals surface area contributed by atoms with Crippen LogP contribution in [0.25, 0.3) is 10.9 Å². The van der Waals surface area contributed by atoms with Crippen LogP contribution in [-0.4, -0.2) is 11.0 Å². The number of para-hydroxylation sites is 1. The summed E-state index contributed by atoms with van der Waals surface area (Å²) in [5, 5.41) is 6.65. The molecule has 0 atom stereocenters. The van der Waals surface area contributed by atoms with Gasteiger partial charge in [-0.25, -0.2) is 4.79 Å². The predicted octanol–water partition coefficient (Wildman–Crippen LogP) is 5.46. The first-order valence-electron chi connectivity index (χ1n) is 8.96. The van der Waals surface area contributed by atoms with Crippen molar-refractivity contribution < 1.29 is 9.53 Å². The molecule has 0 saturated carbocycles. The van der Waals surface area contributed by atoms with Crippen molar-refractivity contribution in [2.45, 2.75) is 6.61 Å². The molecule has 1 aromatic heterocycles. The van der Waals surface area contributed by atoms with E-state index in [1.54, 1.807) is 18.3 Å². The van der Waals surface area contributed by atoms with Crippen molar-refractivity contribution in [2.75, 3.05) is 10.6 Å². The zero-order valence-electron chi connectivity index (χ0n) is 15.1. The Morgan fingerprint density at radius 2 is 1.61 bits per heavy atom. The largest absolute Gasteiger partial charge is 0.489 e. The van der Waals surface area contributed by atoms with E-state index in [4.69, 9.17) is 4.74 Å². The van der Waals surface area contributed by atoms with Crippen molar-refractivity contribution in [1.82, 2.24) is 4.98 Å². The lowest BCUT2D eigenvalue weighted by Gasteiger charge is -2.10. The Labute approximate surface area is 163 Å². The second kappa shape index (κ2) is 8.22. The Morgan fingerprint density at radius 3 is 2.43 bits per heavy atom. The van der Waals surface area contributed by atoms with Crippen LogP contribution in [0.15, 0.2) is 91.1 Å². The van der Waals surface area contributed by atoms with Crippen LogP contribution in [0.2, 0.25) is 0 Å². The van der Waals surface area contributed by atoms with Gasteiger partial charge in [0.2, 0.25) is 0 Å². The zero-order valence-corrected chi connectivity index (χ0v) is 15.1. The number of hydrogen-bond acceptors (Lipinski definition) is 3. The zero-order chi connectivity index (χ0) is 19.2. The molecule has 0 bridgehead atoms. The number of carbonyl (C=O) groups is 1. The topological polar surface area (TPSA) is 63.2 Å². The van der Waals surface area contributed by atoms with Crippen molar-refractivity contribution in [3.63, 3.8) is 0 Å². The van der Waals surface area contributed by atoms with Gasteiger partial charge in [0.1, 0.15) is 12.4 Å². The van der Waals surface area contributed by atoms with Crippen LogP contribution in [0, 0.1) is 0 Å². The van der Waals surface area contributed by atoms with Gasteiger partial charge in [0.25, 0.3) is 0 Å². The number of pyridine rings is 1. The quantitative estimate of drug-likeness (QED) is 0.491. The number of anilines is 2. The summed E-state index contributed by atoms with van der Waals surface area (Å²) >= 11 is 0. The highest BCUT2D eigenvalue weighted by Gasteiger charge is 2.07. The molecule has 1 heterocycles. The molecule has 5 heteroatoms. The van der Waals surface area contributed by atoms with E-state index in [1.165, 1.54) is 0 Å². The number of urea groups is 1. The fourth-order valence-corrected chi connectivity index (χ4v) is 2.87. The van der Waals surface area contributed by atoms with Crippen molar-refractivity contribution in [3.8, 4) is 5.75 Å². The van der Waals surface area contributed by atoms with Crippen LogP contribution in [0.4, 0.5) is 16.2 Å². The predicted molar refractivity (Wildman–Crippen MR) is 112 cm³/mol. The lowest BCUT2D eigenvalue weighted by molar-refractivity contribution is 0.262. The number of nitrogens with one attached hydrogen (secondary N) is 2. The van der Waals surface area contributed by atoms with E-state index >= 15 is 0 Å². The Bertz CT molecular complexity index is 1070. The Balaban J connectivity index is 1.36. The lowest BCUT2D eigenvalue weighted by atomic mass is 10.2. The fraction of sp³-hybridized carbons (Fsp3) is 0.0435. The lowest BCUT2D eigenvalue weighted by Crippen LogP contribution is -2.19. The van der Waals surface area contributed by atoms with Gasteiger partial charge in [-0.2, -0.15) is 0 Å². The van der Waals surface area contributed by atoms with Crippen LogP contribution in [-0.2, 0) is 6.61 Å². The molecular formula is C23H19N3O2. The highest BCUT2D eigenvalue weighted by Crippen LogP contribution is 2.21. The van der Waals surface area contributed by atoms with Crippen LogP contribution in [0.5, 0.6) is 5.75 Å². The summed E-state index contributed by atoms with van der Waals surface area (Å²) in [6.45, 7) is 0.502. The molecule has 2 amide bonds. The highest BCUT2D eigenvalue weighted by molar-refractivity contribution is 6.04. The molecule has 3 aromatic carbocycles. The maximum absolute atomic E-state index is 12.3. The van der Waals surface area contributed by atoms with E-state index < -0.39 is 0 Å². The van der Waals surface area contributed by atoms with Crippen molar-refractivity contribution >= 4 is 28.3 Å². The van der Waals surface area contributed by atoms with Gasteiger partial charge in [-0.05, 0) is 42.0 Å². The molecule has 0 spiro atoms. The smallest absolute Gasteiger partial charge is 0.323 e. The van der Waals surface area contributed by atoms with Crippen LogP contribution in [0.1, 0.15) is 5.56 Å². The number of ether oxygens (including phenoxy) is 1. The molecule has 138 valence electrons. The number of carbonyl (C=O) groups excluding carboxylic acids is 1. The third kappa shape index (κ3) is 4.27. The first kappa shape index (κ1) is 17.5. The van der Waals surface area contributed by atoms with Crippen LogP contribution < -0.4 is 15.4 Å². The number of rotatable bonds is 5. The first-order valence-corrected chi connectivity index (χ1v) is 8.96. The number of amides is 2. The van der Waals surface area contributed by atoms with Gasteiger partial charge >= 0.3 is 6.03 Å². The normalized spacial score (nSPS) is 10.4. The van der Waals surface area contributed by atoms with Gasteiger partial charge in [-0.3, -0.25) is 4.98 Å². The molecule has 0 aliphatic carbocycles. The number of aromatic nitrogens is 1. The van der Waals surface area contributed by atoms with Crippen molar-refractivity contribution in [1.29, 1.82) is 0 Å². The number of nitrogens with zero attached hydrogens (tertiary/aromatic N) is 1. The van der Waals surface area contributed by atoms with Crippen molar-refractivity contribution in [2.24, 2.45) is 0 Å². The van der Waals surface area contributed by atoms with E-state index in [0.29, 0.717) is 18.0 Å². The van der Waals surface area contributed by atoms with Gasteiger partial charge in [0, 0.05) is 17.3 Å². The average Bonchev–Trinajstić information content (AvgIpc) is 2.74. The number of hydrogen-bond donors (Lipinski definition) is 2. The summed E-state index contributed by atoms with van der Waals surface area (Å²) in [5.74, 6) is 0.744. The maximum atomic E-state index is 12.3. The van der Waals surface area contributed by atoms with Crippen LogP contribution in [0.3, 0.4) is 0 Å². The minimum Gasteiger partial charge on any atom is -0.489 e. The molecule has 4 rings (SSSR count). The molecule has 2 N–H and O–H groups in total. The monoisotopic (exact) mass is 369 g/mol. The van der Waals surface area contributed by atoms with Gasteiger partial charge in [-0.1, -0.05) is 48.5 Å². The minimum absolute atomic E-state index is 0.323. The molecule has 0 aliphatic heterocycles. The van der Waals surface area contributed by atoms with E-state index in [0.717, 1.165) is 22.2 Å². The molecule has 5 nitrogen and oxygen atoms in total. The van der Waals surface area contributed by atoms with E-state index in [9.17, 15) is 4.79 Å². The molecule has 4 aromatic rings. The molecule has 0 aliphatic rings. The summed E-state index contributed by atoms with van der Waals surface area (Å²) in [5.41, 5.74) is 3.20. The molecular weight excluding hydrogens is 350 g/mol. The summed E-state index contributed by atoms with van der Waals surface area (Å²) in [7, 11) is 0. The second-order valence-corrected chi connectivity index (χ2v) is 6.26. The van der Waals surface area contributed by atoms with Crippen molar-refractivity contribution in [3.05, 3.63) is 96.7 Å². The van der Waals surface area contributed by atoms with E-state index in [-0.39, 0.29) is 6.03 Å². The summed E-state index contributed by atoms with van der Waals surface area (Å²) in [6, 6.07) is 26.4. The minimum atomic E-state index is -0.323. The Hall–Kier alpha value is -3.86. The Kier molecular flexibility index (Phi) is 5.15. The fourth-order valence-electron chi connectivity index (χ4n) is 2.87. The summed E-state index contributed by atoms with van der Waals surface area (Å²) in [6.07, 6.45) is 1.71. The molecule has 0 unspecified atom stereocenters. The summed E-state index contributed by atoms with van der Waals surface area (Å²) in [4.78, 5) is 16.7. The SMILES string of the molecule is O=C(Nc1ccc(OCc2ccccc2)cc1)Nc1cccc2cccnc12. The van der Waals surface area contributed by atoms with E-state index in [1.807, 2.05) is 72.8 Å². The van der Waals surface area contributed by atoms with Gasteiger partial charge < -0.3 is 15.4 Å². The highest BCUT2D eigenvalue weighted by atomic mass is 16.5. The summed E-state index contributed by atoms with van der Waals surface area (Å²) < 4.78 is 5.76. The van der Waals surface area contributed by atoms with Gasteiger partial charge in [0.05, 0.1) is 11.2 Å². The molecule has 0 saturated heterocycles. The third-order valence-electron chi connectivity index (χ3n) is 4.24. The molecule has 0 fully saturated rings. The maximum Gasteiger partial charge on any atom is 0.323 e. The van der Waals surface area contributed by atoms with Crippen LogP contribution >= 0.6 is 0 Å². The molecule has 0 radical (unpaired) electrons. The van der Waals surface area contributed by atoms with E-state index in [2.05, 4.69) is 15.6 Å². The molecule has 28 heavy (non-hydrogen) atoms. The van der Waals surface area contributed by atoms with Gasteiger partial charge in [0.15, 0.2) is 0 Å². The number of benzene rings is 3. The standard InChI is InChI=1S/C23H19N3O2/c27-23(26-21-10-4-8-18-9-5-15-24-22(18)21)25-19-11-13-20(14-12-19)28-16-17-6-2-1-3-7-17/h1-15H,16H2,(H2,25,26,27). The second-order valence-electron chi connectivity index (χ2n) is 6.26.